The summed E-state index contributed by atoms with van der Waals surface area (Å²) in [6.07, 6.45) is 7.98. The standard InChI is InChI=1S/C21H15Cl2N/c22-12-7-8-14(19(23)10-12)18-11-17-13-4-1-2-5-15(13)20(17)16-6-3-9-24-21(16)18/h3,5-11,13H,1-2,4H2. The molecule has 1 nitrogen and oxygen atoms in total. The van der Waals surface area contributed by atoms with E-state index in [1.807, 2.05) is 24.4 Å². The lowest BCUT2D eigenvalue weighted by molar-refractivity contribution is 0.645. The zero-order valence-corrected chi connectivity index (χ0v) is 14.5. The van der Waals surface area contributed by atoms with E-state index >= 15 is 0 Å². The quantitative estimate of drug-likeness (QED) is 0.465. The van der Waals surface area contributed by atoms with Gasteiger partial charge in [0, 0.05) is 38.7 Å². The van der Waals surface area contributed by atoms with E-state index in [1.54, 1.807) is 6.07 Å². The Bertz CT molecular complexity index is 1020. The maximum atomic E-state index is 6.49. The first-order chi connectivity index (χ1) is 11.7. The van der Waals surface area contributed by atoms with Gasteiger partial charge in [-0.3, -0.25) is 4.98 Å². The van der Waals surface area contributed by atoms with E-state index in [0.717, 1.165) is 16.6 Å². The fraction of sp³-hybridized carbons (Fsp3) is 0.190. The van der Waals surface area contributed by atoms with Gasteiger partial charge in [0.1, 0.15) is 0 Å². The van der Waals surface area contributed by atoms with E-state index < -0.39 is 0 Å². The SMILES string of the molecule is Clc1ccc(-c2cc3c(c4cccnc24)C2=CCCCC23)c(Cl)c1. The number of benzene rings is 2. The number of rotatable bonds is 1. The van der Waals surface area contributed by atoms with E-state index in [0.29, 0.717) is 16.0 Å². The van der Waals surface area contributed by atoms with Crippen molar-refractivity contribution < 1.29 is 0 Å². The van der Waals surface area contributed by atoms with Crippen LogP contribution >= 0.6 is 23.2 Å². The van der Waals surface area contributed by atoms with Crippen LogP contribution in [0.1, 0.15) is 36.3 Å². The van der Waals surface area contributed by atoms with Crippen LogP contribution in [0.3, 0.4) is 0 Å². The molecule has 2 aromatic carbocycles. The minimum Gasteiger partial charge on any atom is -0.256 e. The maximum Gasteiger partial charge on any atom is 0.0787 e. The molecule has 3 heteroatoms. The van der Waals surface area contributed by atoms with Gasteiger partial charge in [0.2, 0.25) is 0 Å². The van der Waals surface area contributed by atoms with Gasteiger partial charge in [-0.25, -0.2) is 0 Å². The molecule has 3 aromatic rings. The molecule has 0 fully saturated rings. The zero-order valence-electron chi connectivity index (χ0n) is 13.0. The second-order valence-corrected chi connectivity index (χ2v) is 7.40. The van der Waals surface area contributed by atoms with E-state index in [2.05, 4.69) is 23.2 Å². The maximum absolute atomic E-state index is 6.49. The van der Waals surface area contributed by atoms with Crippen molar-refractivity contribution >= 4 is 39.7 Å². The summed E-state index contributed by atoms with van der Waals surface area (Å²) in [6, 6.07) is 12.2. The summed E-state index contributed by atoms with van der Waals surface area (Å²) in [5, 5.41) is 2.57. The molecule has 24 heavy (non-hydrogen) atoms. The first-order valence-corrected chi connectivity index (χ1v) is 9.07. The van der Waals surface area contributed by atoms with E-state index in [4.69, 9.17) is 23.2 Å². The molecular weight excluding hydrogens is 337 g/mol. The number of hydrogen-bond donors (Lipinski definition) is 0. The van der Waals surface area contributed by atoms with Crippen molar-refractivity contribution in [1.29, 1.82) is 0 Å². The number of halogens is 2. The van der Waals surface area contributed by atoms with E-state index in [9.17, 15) is 0 Å². The van der Waals surface area contributed by atoms with Gasteiger partial charge in [-0.2, -0.15) is 0 Å². The second-order valence-electron chi connectivity index (χ2n) is 6.56. The molecule has 0 aliphatic heterocycles. The normalized spacial score (nSPS) is 18.6. The van der Waals surface area contributed by atoms with Crippen LogP contribution in [0.5, 0.6) is 0 Å². The van der Waals surface area contributed by atoms with Crippen LogP contribution in [0.25, 0.3) is 27.6 Å². The molecule has 118 valence electrons. The lowest BCUT2D eigenvalue weighted by Crippen LogP contribution is -2.19. The van der Waals surface area contributed by atoms with Crippen molar-refractivity contribution in [2.45, 2.75) is 25.2 Å². The van der Waals surface area contributed by atoms with Gasteiger partial charge in [-0.15, -0.1) is 0 Å². The van der Waals surface area contributed by atoms with Crippen LogP contribution in [0, 0.1) is 0 Å². The largest absolute Gasteiger partial charge is 0.256 e. The van der Waals surface area contributed by atoms with Crippen molar-refractivity contribution in [2.75, 3.05) is 0 Å². The molecule has 0 saturated carbocycles. The topological polar surface area (TPSA) is 12.9 Å². The van der Waals surface area contributed by atoms with Crippen LogP contribution < -0.4 is 0 Å². The number of hydrogen-bond acceptors (Lipinski definition) is 1. The molecule has 5 rings (SSSR count). The molecule has 2 aliphatic carbocycles. The van der Waals surface area contributed by atoms with Crippen LogP contribution in [0.15, 0.2) is 48.7 Å². The van der Waals surface area contributed by atoms with Crippen LogP contribution in [0.4, 0.5) is 0 Å². The van der Waals surface area contributed by atoms with Gasteiger partial charge >= 0.3 is 0 Å². The Morgan fingerprint density at radius 3 is 2.83 bits per heavy atom. The Morgan fingerprint density at radius 1 is 1.04 bits per heavy atom. The molecule has 1 heterocycles. The third kappa shape index (κ3) is 1.98. The summed E-state index contributed by atoms with van der Waals surface area (Å²) in [7, 11) is 0. The smallest absolute Gasteiger partial charge is 0.0787 e. The van der Waals surface area contributed by atoms with Crippen LogP contribution in [-0.2, 0) is 0 Å². The molecule has 0 saturated heterocycles. The Kier molecular flexibility index (Phi) is 3.23. The molecular formula is C21H15Cl2N. The van der Waals surface area contributed by atoms with Crippen molar-refractivity contribution in [1.82, 2.24) is 4.98 Å². The zero-order chi connectivity index (χ0) is 16.3. The Labute approximate surface area is 150 Å². The van der Waals surface area contributed by atoms with Crippen molar-refractivity contribution in [3.05, 3.63) is 69.8 Å². The Hall–Kier alpha value is -1.83. The van der Waals surface area contributed by atoms with Crippen molar-refractivity contribution in [3.8, 4) is 11.1 Å². The lowest BCUT2D eigenvalue weighted by atomic mass is 9.66. The van der Waals surface area contributed by atoms with Gasteiger partial charge in [0.05, 0.1) is 5.52 Å². The molecule has 0 spiro atoms. The van der Waals surface area contributed by atoms with Gasteiger partial charge in [0.25, 0.3) is 0 Å². The number of nitrogens with zero attached hydrogens (tertiary/aromatic N) is 1. The predicted octanol–water partition coefficient (Wildman–Crippen LogP) is 6.87. The minimum atomic E-state index is 0.586. The third-order valence-corrected chi connectivity index (χ3v) is 5.79. The molecule has 0 N–H and O–H groups in total. The first-order valence-electron chi connectivity index (χ1n) is 8.31. The number of allylic oxidation sites excluding steroid dienone is 2. The van der Waals surface area contributed by atoms with Crippen LogP contribution in [0.2, 0.25) is 10.0 Å². The summed E-state index contributed by atoms with van der Waals surface area (Å²) in [6.45, 7) is 0. The number of pyridine rings is 1. The molecule has 0 bridgehead atoms. The minimum absolute atomic E-state index is 0.586. The van der Waals surface area contributed by atoms with Crippen molar-refractivity contribution in [2.24, 2.45) is 0 Å². The molecule has 1 unspecified atom stereocenters. The summed E-state index contributed by atoms with van der Waals surface area (Å²) in [5.41, 5.74) is 7.49. The highest BCUT2D eigenvalue weighted by atomic mass is 35.5. The van der Waals surface area contributed by atoms with Gasteiger partial charge in [-0.05, 0) is 60.2 Å². The van der Waals surface area contributed by atoms with Crippen LogP contribution in [-0.4, -0.2) is 4.98 Å². The molecule has 0 radical (unpaired) electrons. The highest BCUT2D eigenvalue weighted by molar-refractivity contribution is 6.36. The number of fused-ring (bicyclic) bond motifs is 6. The summed E-state index contributed by atoms with van der Waals surface area (Å²) >= 11 is 12.6. The third-order valence-electron chi connectivity index (χ3n) is 5.24. The predicted molar refractivity (Wildman–Crippen MR) is 102 cm³/mol. The molecule has 1 aromatic heterocycles. The first kappa shape index (κ1) is 14.5. The highest BCUT2D eigenvalue weighted by Crippen LogP contribution is 2.55. The molecule has 1 atom stereocenters. The lowest BCUT2D eigenvalue weighted by Gasteiger charge is -2.38. The fourth-order valence-electron chi connectivity index (χ4n) is 4.18. The molecule has 0 amide bonds. The summed E-state index contributed by atoms with van der Waals surface area (Å²) in [5.74, 6) is 0.586. The number of aromatic nitrogens is 1. The highest BCUT2D eigenvalue weighted by Gasteiger charge is 2.35. The fourth-order valence-corrected chi connectivity index (χ4v) is 4.69. The Morgan fingerprint density at radius 2 is 1.96 bits per heavy atom. The summed E-state index contributed by atoms with van der Waals surface area (Å²) < 4.78 is 0. The van der Waals surface area contributed by atoms with Gasteiger partial charge in [-0.1, -0.05) is 41.4 Å². The Balaban J connectivity index is 1.84. The van der Waals surface area contributed by atoms with Gasteiger partial charge in [0.15, 0.2) is 0 Å². The second kappa shape index (κ2) is 5.34. The summed E-state index contributed by atoms with van der Waals surface area (Å²) in [4.78, 5) is 4.68. The average molecular weight is 352 g/mol. The van der Waals surface area contributed by atoms with E-state index in [1.165, 1.54) is 41.3 Å². The van der Waals surface area contributed by atoms with E-state index in [-0.39, 0.29) is 0 Å². The monoisotopic (exact) mass is 351 g/mol. The van der Waals surface area contributed by atoms with Gasteiger partial charge < -0.3 is 0 Å². The van der Waals surface area contributed by atoms with Crippen molar-refractivity contribution in [3.63, 3.8) is 0 Å². The molecule has 2 aliphatic rings. The average Bonchev–Trinajstić information content (AvgIpc) is 2.58.